The molecular formula is C14H10BrFN2O3. The van der Waals surface area contributed by atoms with E-state index in [0.29, 0.717) is 5.56 Å². The van der Waals surface area contributed by atoms with Crippen molar-refractivity contribution in [1.82, 2.24) is 0 Å². The first-order valence-electron chi connectivity index (χ1n) is 5.90. The molecule has 2 aromatic rings. The number of aryl methyl sites for hydroxylation is 1. The Kier molecular flexibility index (Phi) is 4.32. The minimum Gasteiger partial charge on any atom is -0.322 e. The Hall–Kier alpha value is -2.28. The Bertz CT molecular complexity index is 734. The molecule has 0 fully saturated rings. The number of amides is 1. The zero-order valence-corrected chi connectivity index (χ0v) is 12.5. The zero-order chi connectivity index (χ0) is 15.6. The fraction of sp³-hybridized carbons (Fsp3) is 0.0714. The molecule has 2 aromatic carbocycles. The van der Waals surface area contributed by atoms with Crippen LogP contribution in [0.1, 0.15) is 15.9 Å². The van der Waals surface area contributed by atoms with Crippen LogP contribution in [-0.2, 0) is 0 Å². The summed E-state index contributed by atoms with van der Waals surface area (Å²) in [6.45, 7) is 1.78. The van der Waals surface area contributed by atoms with Crippen LogP contribution in [0.5, 0.6) is 0 Å². The SMILES string of the molecule is Cc1ccc(Br)cc1C(=O)Nc1ccc([N+](=O)[O-])c(F)c1. The van der Waals surface area contributed by atoms with Crippen molar-refractivity contribution in [2.24, 2.45) is 0 Å². The lowest BCUT2D eigenvalue weighted by Crippen LogP contribution is -2.13. The van der Waals surface area contributed by atoms with E-state index in [2.05, 4.69) is 21.2 Å². The maximum Gasteiger partial charge on any atom is 0.304 e. The molecular weight excluding hydrogens is 343 g/mol. The molecule has 0 aromatic heterocycles. The zero-order valence-electron chi connectivity index (χ0n) is 10.9. The number of nitrogens with one attached hydrogen (secondary N) is 1. The fourth-order valence-corrected chi connectivity index (χ4v) is 2.13. The van der Waals surface area contributed by atoms with Gasteiger partial charge in [0.1, 0.15) is 0 Å². The van der Waals surface area contributed by atoms with Crippen molar-refractivity contribution in [3.8, 4) is 0 Å². The number of carbonyl (C=O) groups is 1. The second-order valence-electron chi connectivity index (χ2n) is 4.34. The van der Waals surface area contributed by atoms with Gasteiger partial charge in [-0.3, -0.25) is 14.9 Å². The number of anilines is 1. The summed E-state index contributed by atoms with van der Waals surface area (Å²) < 4.78 is 14.2. The highest BCUT2D eigenvalue weighted by atomic mass is 79.9. The van der Waals surface area contributed by atoms with E-state index in [-0.39, 0.29) is 5.69 Å². The van der Waals surface area contributed by atoms with Gasteiger partial charge in [-0.2, -0.15) is 4.39 Å². The largest absolute Gasteiger partial charge is 0.322 e. The van der Waals surface area contributed by atoms with Gasteiger partial charge in [-0.1, -0.05) is 22.0 Å². The van der Waals surface area contributed by atoms with E-state index < -0.39 is 22.3 Å². The molecule has 108 valence electrons. The molecule has 1 amide bonds. The van der Waals surface area contributed by atoms with E-state index in [1.165, 1.54) is 6.07 Å². The van der Waals surface area contributed by atoms with Crippen LogP contribution in [0.15, 0.2) is 40.9 Å². The number of benzene rings is 2. The van der Waals surface area contributed by atoms with Gasteiger partial charge < -0.3 is 5.32 Å². The van der Waals surface area contributed by atoms with Crippen LogP contribution in [0.2, 0.25) is 0 Å². The summed E-state index contributed by atoms with van der Waals surface area (Å²) in [5.74, 6) is -1.41. The van der Waals surface area contributed by atoms with Crippen LogP contribution >= 0.6 is 15.9 Å². The molecule has 0 bridgehead atoms. The van der Waals surface area contributed by atoms with Crippen molar-refractivity contribution in [1.29, 1.82) is 0 Å². The third kappa shape index (κ3) is 3.43. The topological polar surface area (TPSA) is 72.2 Å². The second-order valence-corrected chi connectivity index (χ2v) is 5.25. The van der Waals surface area contributed by atoms with Gasteiger partial charge in [-0.05, 0) is 30.7 Å². The van der Waals surface area contributed by atoms with Crippen LogP contribution in [-0.4, -0.2) is 10.8 Å². The highest BCUT2D eigenvalue weighted by Gasteiger charge is 2.16. The summed E-state index contributed by atoms with van der Waals surface area (Å²) in [5, 5.41) is 13.0. The maximum absolute atomic E-state index is 13.5. The highest BCUT2D eigenvalue weighted by Crippen LogP contribution is 2.22. The first-order valence-corrected chi connectivity index (χ1v) is 6.69. The summed E-state index contributed by atoms with van der Waals surface area (Å²) in [7, 11) is 0. The van der Waals surface area contributed by atoms with E-state index in [9.17, 15) is 19.3 Å². The first-order chi connectivity index (χ1) is 9.88. The van der Waals surface area contributed by atoms with E-state index in [1.807, 2.05) is 0 Å². The summed E-state index contributed by atoms with van der Waals surface area (Å²) in [4.78, 5) is 21.8. The van der Waals surface area contributed by atoms with E-state index in [1.54, 1.807) is 25.1 Å². The van der Waals surface area contributed by atoms with Crippen molar-refractivity contribution in [2.75, 3.05) is 5.32 Å². The van der Waals surface area contributed by atoms with Crippen molar-refractivity contribution >= 4 is 33.2 Å². The number of halogens is 2. The fourth-order valence-electron chi connectivity index (χ4n) is 1.77. The summed E-state index contributed by atoms with van der Waals surface area (Å²) in [5.41, 5.74) is 0.718. The molecule has 1 N–H and O–H groups in total. The van der Waals surface area contributed by atoms with Gasteiger partial charge in [0.2, 0.25) is 5.82 Å². The Balaban J connectivity index is 2.26. The number of carbonyl (C=O) groups excluding carboxylic acids is 1. The highest BCUT2D eigenvalue weighted by molar-refractivity contribution is 9.10. The number of rotatable bonds is 3. The Morgan fingerprint density at radius 2 is 2.00 bits per heavy atom. The van der Waals surface area contributed by atoms with Gasteiger partial charge in [0, 0.05) is 27.9 Å². The van der Waals surface area contributed by atoms with Gasteiger partial charge in [0.25, 0.3) is 5.91 Å². The molecule has 0 aliphatic rings. The predicted molar refractivity (Wildman–Crippen MR) is 79.9 cm³/mol. The molecule has 0 heterocycles. The molecule has 0 aliphatic carbocycles. The van der Waals surface area contributed by atoms with Gasteiger partial charge in [0.05, 0.1) is 4.92 Å². The van der Waals surface area contributed by atoms with Crippen molar-refractivity contribution < 1.29 is 14.1 Å². The Labute approximate surface area is 128 Å². The lowest BCUT2D eigenvalue weighted by molar-refractivity contribution is -0.387. The molecule has 0 saturated carbocycles. The molecule has 2 rings (SSSR count). The molecule has 5 nitrogen and oxygen atoms in total. The summed E-state index contributed by atoms with van der Waals surface area (Å²) >= 11 is 3.27. The van der Waals surface area contributed by atoms with Crippen molar-refractivity contribution in [3.05, 3.63) is 67.9 Å². The third-order valence-electron chi connectivity index (χ3n) is 2.85. The molecule has 7 heteroatoms. The number of nitrogens with zero attached hydrogens (tertiary/aromatic N) is 1. The summed E-state index contributed by atoms with van der Waals surface area (Å²) in [6, 6.07) is 8.44. The average Bonchev–Trinajstić information content (AvgIpc) is 2.41. The third-order valence-corrected chi connectivity index (χ3v) is 3.34. The lowest BCUT2D eigenvalue weighted by atomic mass is 10.1. The van der Waals surface area contributed by atoms with Crippen LogP contribution in [0.3, 0.4) is 0 Å². The number of hydrogen-bond acceptors (Lipinski definition) is 3. The molecule has 0 radical (unpaired) electrons. The standard InChI is InChI=1S/C14H10BrFN2O3/c1-8-2-3-9(15)6-11(8)14(19)17-10-4-5-13(18(20)21)12(16)7-10/h2-7H,1H3,(H,17,19). The quantitative estimate of drug-likeness (QED) is 0.668. The van der Waals surface area contributed by atoms with E-state index in [0.717, 1.165) is 22.2 Å². The Morgan fingerprint density at radius 1 is 1.29 bits per heavy atom. The lowest BCUT2D eigenvalue weighted by Gasteiger charge is -2.08. The van der Waals surface area contributed by atoms with Crippen LogP contribution in [0.4, 0.5) is 15.8 Å². The smallest absolute Gasteiger partial charge is 0.304 e. The molecule has 21 heavy (non-hydrogen) atoms. The van der Waals surface area contributed by atoms with Gasteiger partial charge in [0.15, 0.2) is 0 Å². The second kappa shape index (κ2) is 6.01. The van der Waals surface area contributed by atoms with Crippen LogP contribution < -0.4 is 5.32 Å². The molecule has 0 aliphatic heterocycles. The maximum atomic E-state index is 13.5. The van der Waals surface area contributed by atoms with Crippen LogP contribution in [0.25, 0.3) is 0 Å². The van der Waals surface area contributed by atoms with E-state index in [4.69, 9.17) is 0 Å². The molecule has 0 saturated heterocycles. The molecule has 0 unspecified atom stereocenters. The average molecular weight is 353 g/mol. The minimum absolute atomic E-state index is 0.155. The van der Waals surface area contributed by atoms with Gasteiger partial charge in [-0.25, -0.2) is 0 Å². The summed E-state index contributed by atoms with van der Waals surface area (Å²) in [6.07, 6.45) is 0. The van der Waals surface area contributed by atoms with E-state index >= 15 is 0 Å². The van der Waals surface area contributed by atoms with Crippen LogP contribution in [0, 0.1) is 22.9 Å². The minimum atomic E-state index is -0.997. The number of hydrogen-bond donors (Lipinski definition) is 1. The number of nitro benzene ring substituents is 1. The predicted octanol–water partition coefficient (Wildman–Crippen LogP) is 4.06. The Morgan fingerprint density at radius 3 is 2.62 bits per heavy atom. The monoisotopic (exact) mass is 352 g/mol. The molecule has 0 atom stereocenters. The normalized spacial score (nSPS) is 10.2. The van der Waals surface area contributed by atoms with Crippen molar-refractivity contribution in [3.63, 3.8) is 0 Å². The van der Waals surface area contributed by atoms with Crippen molar-refractivity contribution in [2.45, 2.75) is 6.92 Å². The van der Waals surface area contributed by atoms with Gasteiger partial charge >= 0.3 is 5.69 Å². The van der Waals surface area contributed by atoms with Gasteiger partial charge in [-0.15, -0.1) is 0 Å². The number of nitro groups is 1. The molecule has 0 spiro atoms. The first kappa shape index (κ1) is 15.1.